The molecular formula is C24H28N2O5. The Morgan fingerprint density at radius 1 is 1.13 bits per heavy atom. The van der Waals surface area contributed by atoms with Gasteiger partial charge in [-0.2, -0.15) is 0 Å². The first-order valence-electron chi connectivity index (χ1n) is 10.3. The number of likely N-dealkylation sites (tertiary alicyclic amines) is 1. The molecule has 1 aromatic heterocycles. The monoisotopic (exact) mass is 424 g/mol. The molecule has 7 heteroatoms. The second-order valence-corrected chi connectivity index (χ2v) is 7.85. The Morgan fingerprint density at radius 2 is 1.81 bits per heavy atom. The van der Waals surface area contributed by atoms with E-state index in [9.17, 15) is 14.7 Å². The highest BCUT2D eigenvalue weighted by Gasteiger charge is 2.45. The van der Waals surface area contributed by atoms with Crippen LogP contribution in [-0.2, 0) is 14.3 Å². The van der Waals surface area contributed by atoms with Crippen LogP contribution >= 0.6 is 0 Å². The Balaban J connectivity index is 1.98. The van der Waals surface area contributed by atoms with Gasteiger partial charge in [-0.3, -0.25) is 14.6 Å². The minimum atomic E-state index is -0.697. The third-order valence-electron chi connectivity index (χ3n) is 5.02. The SMILES string of the molecule is COCCCN1C(=O)C(=O)/C(=C(/O)c2ccc(OCC(C)C)cc2)[C@H]1c1ccncc1. The summed E-state index contributed by atoms with van der Waals surface area (Å²) in [6.45, 7) is 5.50. The number of aromatic nitrogens is 1. The fraction of sp³-hybridized carbons (Fsp3) is 0.375. The van der Waals surface area contributed by atoms with E-state index in [1.54, 1.807) is 55.9 Å². The number of methoxy groups -OCH3 is 1. The van der Waals surface area contributed by atoms with Gasteiger partial charge in [0.15, 0.2) is 0 Å². The summed E-state index contributed by atoms with van der Waals surface area (Å²) in [6.07, 6.45) is 3.78. The van der Waals surface area contributed by atoms with Gasteiger partial charge in [0.1, 0.15) is 11.5 Å². The molecule has 0 unspecified atom stereocenters. The molecule has 1 saturated heterocycles. The van der Waals surface area contributed by atoms with Gasteiger partial charge in [0.25, 0.3) is 11.7 Å². The van der Waals surface area contributed by atoms with E-state index in [2.05, 4.69) is 18.8 Å². The lowest BCUT2D eigenvalue weighted by Gasteiger charge is -2.25. The zero-order chi connectivity index (χ0) is 22.4. The van der Waals surface area contributed by atoms with Gasteiger partial charge >= 0.3 is 0 Å². The highest BCUT2D eigenvalue weighted by Crippen LogP contribution is 2.39. The lowest BCUT2D eigenvalue weighted by atomic mass is 9.96. The van der Waals surface area contributed by atoms with E-state index in [1.165, 1.54) is 4.90 Å². The van der Waals surface area contributed by atoms with Gasteiger partial charge in [0, 0.05) is 38.2 Å². The quantitative estimate of drug-likeness (QED) is 0.286. The van der Waals surface area contributed by atoms with E-state index in [0.717, 1.165) is 0 Å². The molecule has 164 valence electrons. The summed E-state index contributed by atoms with van der Waals surface area (Å²) >= 11 is 0. The lowest BCUT2D eigenvalue weighted by Crippen LogP contribution is -2.31. The molecule has 1 aliphatic rings. The Hall–Kier alpha value is -3.19. The van der Waals surface area contributed by atoms with Gasteiger partial charge in [0.05, 0.1) is 18.2 Å². The van der Waals surface area contributed by atoms with Gasteiger partial charge in [-0.25, -0.2) is 0 Å². The fourth-order valence-electron chi connectivity index (χ4n) is 3.51. The third-order valence-corrected chi connectivity index (χ3v) is 5.02. The number of amides is 1. The van der Waals surface area contributed by atoms with Gasteiger partial charge in [-0.15, -0.1) is 0 Å². The molecule has 0 aliphatic carbocycles. The number of aliphatic hydroxyl groups is 1. The molecule has 1 amide bonds. The summed E-state index contributed by atoms with van der Waals surface area (Å²) in [5.74, 6) is -0.462. The standard InChI is InChI=1S/C24H28N2O5/c1-16(2)15-31-19-7-5-18(6-8-19)22(27)20-21(17-9-11-25-12-10-17)26(13-4-14-30-3)24(29)23(20)28/h5-12,16,21,27H,4,13-15H2,1-3H3/b22-20+/t21-/m1/s1. The van der Waals surface area contributed by atoms with Crippen molar-refractivity contribution in [3.63, 3.8) is 0 Å². The molecule has 1 fully saturated rings. The van der Waals surface area contributed by atoms with Crippen molar-refractivity contribution in [1.82, 2.24) is 9.88 Å². The number of ether oxygens (including phenoxy) is 2. The van der Waals surface area contributed by atoms with Crippen molar-refractivity contribution >= 4 is 17.4 Å². The predicted molar refractivity (Wildman–Crippen MR) is 117 cm³/mol. The zero-order valence-electron chi connectivity index (χ0n) is 18.1. The summed E-state index contributed by atoms with van der Waals surface area (Å²) < 4.78 is 10.8. The van der Waals surface area contributed by atoms with Crippen LogP contribution in [-0.4, -0.2) is 53.5 Å². The normalized spacial score (nSPS) is 18.1. The van der Waals surface area contributed by atoms with Gasteiger partial charge in [-0.1, -0.05) is 13.8 Å². The van der Waals surface area contributed by atoms with Crippen molar-refractivity contribution in [2.24, 2.45) is 5.92 Å². The summed E-state index contributed by atoms with van der Waals surface area (Å²) in [5.41, 5.74) is 1.24. The van der Waals surface area contributed by atoms with Crippen molar-refractivity contribution in [2.75, 3.05) is 26.9 Å². The number of pyridine rings is 1. The number of ketones is 1. The molecule has 7 nitrogen and oxygen atoms in total. The summed E-state index contributed by atoms with van der Waals surface area (Å²) in [5, 5.41) is 11.0. The maximum Gasteiger partial charge on any atom is 0.295 e. The van der Waals surface area contributed by atoms with Crippen LogP contribution < -0.4 is 4.74 Å². The summed E-state index contributed by atoms with van der Waals surface area (Å²) in [6, 6.07) is 9.67. The second-order valence-electron chi connectivity index (χ2n) is 7.85. The van der Waals surface area contributed by atoms with Crippen LogP contribution in [0, 0.1) is 5.92 Å². The Kier molecular flexibility index (Phi) is 7.41. The van der Waals surface area contributed by atoms with E-state index in [-0.39, 0.29) is 11.3 Å². The van der Waals surface area contributed by atoms with Crippen molar-refractivity contribution < 1.29 is 24.2 Å². The number of nitrogens with zero attached hydrogens (tertiary/aromatic N) is 2. The number of Topliss-reactive ketones (excluding diaryl/α,β-unsaturated/α-hetero) is 1. The number of hydrogen-bond acceptors (Lipinski definition) is 6. The third kappa shape index (κ3) is 5.11. The smallest absolute Gasteiger partial charge is 0.295 e. The molecule has 0 saturated carbocycles. The van der Waals surface area contributed by atoms with Crippen LogP contribution in [0.3, 0.4) is 0 Å². The Morgan fingerprint density at radius 3 is 2.42 bits per heavy atom. The number of carbonyl (C=O) groups is 2. The largest absolute Gasteiger partial charge is 0.507 e. The predicted octanol–water partition coefficient (Wildman–Crippen LogP) is 3.57. The molecule has 1 atom stereocenters. The van der Waals surface area contributed by atoms with Crippen molar-refractivity contribution in [3.05, 3.63) is 65.5 Å². The first-order chi connectivity index (χ1) is 14.9. The highest BCUT2D eigenvalue weighted by molar-refractivity contribution is 6.46. The summed E-state index contributed by atoms with van der Waals surface area (Å²) in [4.78, 5) is 31.2. The minimum absolute atomic E-state index is 0.0736. The second kappa shape index (κ2) is 10.2. The molecule has 1 aromatic carbocycles. The van der Waals surface area contributed by atoms with Gasteiger partial charge < -0.3 is 19.5 Å². The van der Waals surface area contributed by atoms with E-state index in [1.807, 2.05) is 0 Å². The average Bonchev–Trinajstić information content (AvgIpc) is 3.03. The van der Waals surface area contributed by atoms with Crippen LogP contribution in [0.5, 0.6) is 5.75 Å². The molecule has 0 spiro atoms. The van der Waals surface area contributed by atoms with Crippen LogP contribution in [0.1, 0.15) is 37.4 Å². The van der Waals surface area contributed by atoms with Gasteiger partial charge in [0.2, 0.25) is 0 Å². The Labute approximate surface area is 182 Å². The van der Waals surface area contributed by atoms with E-state index in [4.69, 9.17) is 9.47 Å². The lowest BCUT2D eigenvalue weighted by molar-refractivity contribution is -0.140. The molecule has 2 aromatic rings. The average molecular weight is 424 g/mol. The summed E-state index contributed by atoms with van der Waals surface area (Å²) in [7, 11) is 1.59. The molecule has 1 aliphatic heterocycles. The first kappa shape index (κ1) is 22.5. The molecular weight excluding hydrogens is 396 g/mol. The molecule has 0 radical (unpaired) electrons. The number of rotatable bonds is 9. The number of aliphatic hydroxyl groups excluding tert-OH is 1. The maximum atomic E-state index is 12.9. The number of benzene rings is 1. The highest BCUT2D eigenvalue weighted by atomic mass is 16.5. The Bertz CT molecular complexity index is 938. The molecule has 3 rings (SSSR count). The number of hydrogen-bond donors (Lipinski definition) is 1. The molecule has 1 N–H and O–H groups in total. The molecule has 31 heavy (non-hydrogen) atoms. The van der Waals surface area contributed by atoms with Crippen molar-refractivity contribution in [2.45, 2.75) is 26.3 Å². The van der Waals surface area contributed by atoms with E-state index in [0.29, 0.717) is 49.0 Å². The van der Waals surface area contributed by atoms with E-state index < -0.39 is 17.7 Å². The molecule has 2 heterocycles. The fourth-order valence-corrected chi connectivity index (χ4v) is 3.51. The van der Waals surface area contributed by atoms with Gasteiger partial charge in [-0.05, 0) is 54.3 Å². The minimum Gasteiger partial charge on any atom is -0.507 e. The maximum absolute atomic E-state index is 12.9. The van der Waals surface area contributed by atoms with Crippen LogP contribution in [0.4, 0.5) is 0 Å². The number of carbonyl (C=O) groups excluding carboxylic acids is 2. The van der Waals surface area contributed by atoms with Crippen molar-refractivity contribution in [1.29, 1.82) is 0 Å². The van der Waals surface area contributed by atoms with Crippen LogP contribution in [0.2, 0.25) is 0 Å². The zero-order valence-corrected chi connectivity index (χ0v) is 18.1. The van der Waals surface area contributed by atoms with Crippen molar-refractivity contribution in [3.8, 4) is 5.75 Å². The topological polar surface area (TPSA) is 89.0 Å². The van der Waals surface area contributed by atoms with E-state index >= 15 is 0 Å². The van der Waals surface area contributed by atoms with Crippen LogP contribution in [0.15, 0.2) is 54.4 Å². The van der Waals surface area contributed by atoms with Crippen LogP contribution in [0.25, 0.3) is 5.76 Å². The molecule has 0 bridgehead atoms. The first-order valence-corrected chi connectivity index (χ1v) is 10.3.